The summed E-state index contributed by atoms with van der Waals surface area (Å²) in [4.78, 5) is 4.32. The summed E-state index contributed by atoms with van der Waals surface area (Å²) >= 11 is 9.68. The van der Waals surface area contributed by atoms with Gasteiger partial charge in [-0.3, -0.25) is 4.98 Å². The average Bonchev–Trinajstić information content (AvgIpc) is 2.40. The van der Waals surface area contributed by atoms with Gasteiger partial charge in [-0.05, 0) is 30.2 Å². The molecular weight excluding hydrogens is 328 g/mol. The van der Waals surface area contributed by atoms with E-state index in [1.807, 2.05) is 19.1 Å². The van der Waals surface area contributed by atoms with E-state index < -0.39 is 0 Å². The molecule has 0 bridgehead atoms. The summed E-state index contributed by atoms with van der Waals surface area (Å²) in [5.41, 5.74) is 1.98. The van der Waals surface area contributed by atoms with Crippen molar-refractivity contribution in [3.63, 3.8) is 0 Å². The summed E-state index contributed by atoms with van der Waals surface area (Å²) in [7, 11) is 0. The molecule has 2 aromatic rings. The molecule has 1 aromatic heterocycles. The molecule has 0 saturated carbocycles. The van der Waals surface area contributed by atoms with Gasteiger partial charge in [0, 0.05) is 29.1 Å². The number of nitrogens with one attached hydrogen (secondary N) is 1. The lowest BCUT2D eigenvalue weighted by atomic mass is 10.1. The van der Waals surface area contributed by atoms with Crippen LogP contribution in [0.5, 0.6) is 0 Å². The Hall–Kier alpha value is -0.680. The molecule has 0 amide bonds. The molecule has 1 atom stereocenters. The summed E-state index contributed by atoms with van der Waals surface area (Å²) in [5, 5.41) is 14.4. The maximum Gasteiger partial charge on any atom is 0.0720 e. The second-order valence-electron chi connectivity index (χ2n) is 4.45. The van der Waals surface area contributed by atoms with Crippen LogP contribution in [0.1, 0.15) is 18.9 Å². The minimum absolute atomic E-state index is 0.299. The number of hydrogen-bond donors (Lipinski definition) is 2. The minimum atomic E-state index is -0.299. The second kappa shape index (κ2) is 6.66. The third kappa shape index (κ3) is 3.66. The highest BCUT2D eigenvalue weighted by Gasteiger charge is 2.07. The molecule has 0 fully saturated rings. The van der Waals surface area contributed by atoms with Crippen LogP contribution in [0.15, 0.2) is 28.9 Å². The van der Waals surface area contributed by atoms with Gasteiger partial charge in [0.05, 0.1) is 16.6 Å². The lowest BCUT2D eigenvalue weighted by Crippen LogP contribution is -2.25. The van der Waals surface area contributed by atoms with E-state index in [0.717, 1.165) is 27.4 Å². The maximum absolute atomic E-state index is 9.51. The van der Waals surface area contributed by atoms with Crippen LogP contribution in [0.3, 0.4) is 0 Å². The van der Waals surface area contributed by atoms with Gasteiger partial charge in [-0.1, -0.05) is 34.5 Å². The van der Waals surface area contributed by atoms with Crippen molar-refractivity contribution >= 4 is 38.4 Å². The number of aliphatic hydroxyl groups is 1. The Labute approximate surface area is 126 Å². The van der Waals surface area contributed by atoms with Crippen molar-refractivity contribution in [2.45, 2.75) is 26.0 Å². The standard InChI is InChI=1S/C14H16BrClN2O/c1-2-10(19)8-17-7-9-5-14-11(6-12(9)15)13(16)3-4-18-14/h3-6,10,17,19H,2,7-8H2,1H3/t10-/m1/s1. The fraction of sp³-hybridized carbons (Fsp3) is 0.357. The largest absolute Gasteiger partial charge is 0.392 e. The number of fused-ring (bicyclic) bond motifs is 1. The fourth-order valence-electron chi connectivity index (χ4n) is 1.83. The normalized spacial score (nSPS) is 12.8. The summed E-state index contributed by atoms with van der Waals surface area (Å²) in [6, 6.07) is 5.78. The minimum Gasteiger partial charge on any atom is -0.392 e. The van der Waals surface area contributed by atoms with Crippen molar-refractivity contribution < 1.29 is 5.11 Å². The van der Waals surface area contributed by atoms with Gasteiger partial charge in [0.25, 0.3) is 0 Å². The van der Waals surface area contributed by atoms with E-state index in [0.29, 0.717) is 18.1 Å². The lowest BCUT2D eigenvalue weighted by molar-refractivity contribution is 0.167. The average molecular weight is 344 g/mol. The van der Waals surface area contributed by atoms with E-state index in [-0.39, 0.29) is 6.10 Å². The highest BCUT2D eigenvalue weighted by Crippen LogP contribution is 2.28. The highest BCUT2D eigenvalue weighted by atomic mass is 79.9. The summed E-state index contributed by atoms with van der Waals surface area (Å²) in [6.07, 6.45) is 2.16. The maximum atomic E-state index is 9.51. The van der Waals surface area contributed by atoms with Crippen molar-refractivity contribution in [2.75, 3.05) is 6.54 Å². The third-order valence-electron chi connectivity index (χ3n) is 3.02. The number of aliphatic hydroxyl groups excluding tert-OH is 1. The second-order valence-corrected chi connectivity index (χ2v) is 5.71. The number of pyridine rings is 1. The van der Waals surface area contributed by atoms with Gasteiger partial charge in [0.15, 0.2) is 0 Å². The van der Waals surface area contributed by atoms with Crippen molar-refractivity contribution in [3.05, 3.63) is 39.5 Å². The molecule has 5 heteroatoms. The van der Waals surface area contributed by atoms with Gasteiger partial charge in [0.1, 0.15) is 0 Å². The van der Waals surface area contributed by atoms with Gasteiger partial charge < -0.3 is 10.4 Å². The molecule has 0 saturated heterocycles. The van der Waals surface area contributed by atoms with Crippen LogP contribution in [0, 0.1) is 0 Å². The Balaban J connectivity index is 2.17. The quantitative estimate of drug-likeness (QED) is 0.873. The number of rotatable bonds is 5. The number of hydrogen-bond acceptors (Lipinski definition) is 3. The van der Waals surface area contributed by atoms with Gasteiger partial charge in [-0.25, -0.2) is 0 Å². The third-order valence-corrected chi connectivity index (χ3v) is 4.09. The van der Waals surface area contributed by atoms with Crippen LogP contribution >= 0.6 is 27.5 Å². The van der Waals surface area contributed by atoms with Gasteiger partial charge in [-0.2, -0.15) is 0 Å². The zero-order valence-corrected chi connectivity index (χ0v) is 13.0. The van der Waals surface area contributed by atoms with Crippen molar-refractivity contribution in [2.24, 2.45) is 0 Å². The molecule has 0 radical (unpaired) electrons. The Morgan fingerprint density at radius 2 is 2.26 bits per heavy atom. The SMILES string of the molecule is CC[C@@H](O)CNCc1cc2nccc(Cl)c2cc1Br. The molecule has 19 heavy (non-hydrogen) atoms. The highest BCUT2D eigenvalue weighted by molar-refractivity contribution is 9.10. The molecule has 0 aliphatic rings. The van der Waals surface area contributed by atoms with Crippen LogP contribution in [-0.2, 0) is 6.54 Å². The smallest absolute Gasteiger partial charge is 0.0720 e. The summed E-state index contributed by atoms with van der Waals surface area (Å²) in [5.74, 6) is 0. The predicted octanol–water partition coefficient (Wildman–Crippen LogP) is 3.51. The monoisotopic (exact) mass is 342 g/mol. The number of benzene rings is 1. The first-order valence-corrected chi connectivity index (χ1v) is 7.40. The molecule has 0 unspecified atom stereocenters. The number of halogens is 2. The van der Waals surface area contributed by atoms with Crippen LogP contribution in [-0.4, -0.2) is 22.7 Å². The Kier molecular flexibility index (Phi) is 5.16. The van der Waals surface area contributed by atoms with Gasteiger partial charge in [0.2, 0.25) is 0 Å². The van der Waals surface area contributed by atoms with Crippen LogP contribution in [0.2, 0.25) is 5.02 Å². The van der Waals surface area contributed by atoms with E-state index in [4.69, 9.17) is 11.6 Å². The van der Waals surface area contributed by atoms with Crippen molar-refractivity contribution in [1.29, 1.82) is 0 Å². The van der Waals surface area contributed by atoms with Crippen molar-refractivity contribution in [3.8, 4) is 0 Å². The molecule has 1 heterocycles. The van der Waals surface area contributed by atoms with E-state index >= 15 is 0 Å². The van der Waals surface area contributed by atoms with E-state index in [9.17, 15) is 5.11 Å². The molecule has 1 aromatic carbocycles. The number of nitrogens with zero attached hydrogens (tertiary/aromatic N) is 1. The molecule has 102 valence electrons. The molecule has 0 aliphatic carbocycles. The van der Waals surface area contributed by atoms with Crippen LogP contribution < -0.4 is 5.32 Å². The Morgan fingerprint density at radius 1 is 1.47 bits per heavy atom. The lowest BCUT2D eigenvalue weighted by Gasteiger charge is -2.11. The molecular formula is C14H16BrClN2O. The first kappa shape index (κ1) is 14.7. The van der Waals surface area contributed by atoms with E-state index in [2.05, 4.69) is 26.2 Å². The molecule has 0 spiro atoms. The topological polar surface area (TPSA) is 45.1 Å². The predicted molar refractivity (Wildman–Crippen MR) is 82.5 cm³/mol. The summed E-state index contributed by atoms with van der Waals surface area (Å²) < 4.78 is 0.994. The van der Waals surface area contributed by atoms with Crippen LogP contribution in [0.25, 0.3) is 10.9 Å². The van der Waals surface area contributed by atoms with Gasteiger partial charge in [-0.15, -0.1) is 0 Å². The van der Waals surface area contributed by atoms with E-state index in [1.165, 1.54) is 0 Å². The zero-order valence-electron chi connectivity index (χ0n) is 10.7. The molecule has 2 rings (SSSR count). The first-order chi connectivity index (χ1) is 9.11. The first-order valence-electron chi connectivity index (χ1n) is 6.23. The molecule has 3 nitrogen and oxygen atoms in total. The molecule has 2 N–H and O–H groups in total. The van der Waals surface area contributed by atoms with Gasteiger partial charge >= 0.3 is 0 Å². The van der Waals surface area contributed by atoms with Crippen LogP contribution in [0.4, 0.5) is 0 Å². The fourth-order valence-corrected chi connectivity index (χ4v) is 2.52. The summed E-state index contributed by atoms with van der Waals surface area (Å²) in [6.45, 7) is 3.23. The Morgan fingerprint density at radius 3 is 3.00 bits per heavy atom. The van der Waals surface area contributed by atoms with Crippen molar-refractivity contribution in [1.82, 2.24) is 10.3 Å². The Bertz CT molecular complexity index is 577. The zero-order chi connectivity index (χ0) is 13.8. The molecule has 0 aliphatic heterocycles. The van der Waals surface area contributed by atoms with E-state index in [1.54, 1.807) is 12.3 Å². The number of aromatic nitrogens is 1.